The lowest BCUT2D eigenvalue weighted by Gasteiger charge is -2.11. The normalized spacial score (nSPS) is 11.2. The van der Waals surface area contributed by atoms with E-state index in [2.05, 4.69) is 31.4 Å². The first-order valence-electron chi connectivity index (χ1n) is 6.14. The molecule has 2 rings (SSSR count). The Kier molecular flexibility index (Phi) is 4.99. The number of hydrogen-bond acceptors (Lipinski definition) is 5. The fourth-order valence-electron chi connectivity index (χ4n) is 1.74. The first kappa shape index (κ1) is 15.1. The summed E-state index contributed by atoms with van der Waals surface area (Å²) in [5, 5.41) is 14.9. The average molecular weight is 351 g/mol. The molecule has 0 spiro atoms. The van der Waals surface area contributed by atoms with Crippen LogP contribution in [0.5, 0.6) is 5.75 Å². The molecule has 0 radical (unpaired) electrons. The summed E-state index contributed by atoms with van der Waals surface area (Å²) in [4.78, 5) is 4.04. The number of aromatic nitrogens is 1. The summed E-state index contributed by atoms with van der Waals surface area (Å²) in [7, 11) is 1.62. The molecule has 1 heterocycles. The van der Waals surface area contributed by atoms with E-state index in [1.54, 1.807) is 19.4 Å². The van der Waals surface area contributed by atoms with Crippen LogP contribution < -0.4 is 15.8 Å². The molecule has 0 fully saturated rings. The lowest BCUT2D eigenvalue weighted by Crippen LogP contribution is -2.15. The fraction of sp³-hybridized carbons (Fsp3) is 0.143. The second kappa shape index (κ2) is 6.94. The smallest absolute Gasteiger partial charge is 0.188 e. The maximum Gasteiger partial charge on any atom is 0.188 e. The van der Waals surface area contributed by atoms with Crippen molar-refractivity contribution in [3.8, 4) is 5.75 Å². The molecule has 6 nitrogen and oxygen atoms in total. The van der Waals surface area contributed by atoms with Gasteiger partial charge in [-0.3, -0.25) is 4.98 Å². The summed E-state index contributed by atoms with van der Waals surface area (Å²) in [5.41, 5.74) is 7.83. The van der Waals surface area contributed by atoms with Gasteiger partial charge in [-0.05, 0) is 45.8 Å². The Balaban J connectivity index is 2.13. The van der Waals surface area contributed by atoms with Crippen LogP contribution >= 0.6 is 15.9 Å². The van der Waals surface area contributed by atoms with Crippen LogP contribution in [-0.2, 0) is 6.54 Å². The van der Waals surface area contributed by atoms with E-state index in [-0.39, 0.29) is 5.84 Å². The number of methoxy groups -OCH3 is 1. The minimum absolute atomic E-state index is 0.0144. The number of halogens is 1. The number of nitrogens with one attached hydrogen (secondary N) is 1. The van der Waals surface area contributed by atoms with Crippen LogP contribution in [0.4, 0.5) is 5.69 Å². The summed E-state index contributed by atoms with van der Waals surface area (Å²) in [5.74, 6) is 0.757. The van der Waals surface area contributed by atoms with Crippen molar-refractivity contribution in [2.75, 3.05) is 12.4 Å². The van der Waals surface area contributed by atoms with Gasteiger partial charge < -0.3 is 21.0 Å². The monoisotopic (exact) mass is 350 g/mol. The third-order valence-corrected chi connectivity index (χ3v) is 3.54. The highest BCUT2D eigenvalue weighted by Crippen LogP contribution is 2.27. The maximum absolute atomic E-state index is 8.67. The van der Waals surface area contributed by atoms with E-state index in [1.807, 2.05) is 24.3 Å². The van der Waals surface area contributed by atoms with E-state index in [0.717, 1.165) is 21.5 Å². The van der Waals surface area contributed by atoms with Crippen LogP contribution in [0.1, 0.15) is 11.3 Å². The van der Waals surface area contributed by atoms with Crippen molar-refractivity contribution < 1.29 is 9.94 Å². The molecule has 0 bridgehead atoms. The first-order valence-corrected chi connectivity index (χ1v) is 6.93. The van der Waals surface area contributed by atoms with E-state index >= 15 is 0 Å². The van der Waals surface area contributed by atoms with Crippen molar-refractivity contribution in [1.82, 2.24) is 4.98 Å². The third-order valence-electron chi connectivity index (χ3n) is 2.85. The number of oxime groups is 1. The van der Waals surface area contributed by atoms with Gasteiger partial charge in [-0.2, -0.15) is 0 Å². The second-order valence-corrected chi connectivity index (χ2v) is 5.09. The van der Waals surface area contributed by atoms with E-state index in [1.165, 1.54) is 0 Å². The molecule has 4 N–H and O–H groups in total. The van der Waals surface area contributed by atoms with Crippen LogP contribution in [0.15, 0.2) is 46.2 Å². The number of nitrogens with two attached hydrogens (primary N) is 1. The summed E-state index contributed by atoms with van der Waals surface area (Å²) in [6.07, 6.45) is 1.62. The molecule has 0 saturated heterocycles. The number of benzene rings is 1. The molecule has 2 aromatic rings. The highest BCUT2D eigenvalue weighted by Gasteiger charge is 2.05. The summed E-state index contributed by atoms with van der Waals surface area (Å²) in [6, 6.07) is 9.30. The van der Waals surface area contributed by atoms with Gasteiger partial charge in [0.05, 0.1) is 12.8 Å². The molecule has 1 aromatic carbocycles. The maximum atomic E-state index is 8.67. The zero-order valence-electron chi connectivity index (χ0n) is 11.4. The second-order valence-electron chi connectivity index (χ2n) is 4.23. The van der Waals surface area contributed by atoms with Crippen molar-refractivity contribution in [1.29, 1.82) is 0 Å². The molecular weight excluding hydrogens is 336 g/mol. The molecule has 0 aliphatic heterocycles. The summed E-state index contributed by atoms with van der Waals surface area (Å²) < 4.78 is 6.14. The lowest BCUT2D eigenvalue weighted by molar-refractivity contribution is 0.318. The van der Waals surface area contributed by atoms with Crippen LogP contribution in [0.2, 0.25) is 0 Å². The zero-order valence-corrected chi connectivity index (χ0v) is 13.0. The number of amidine groups is 1. The van der Waals surface area contributed by atoms with Crippen molar-refractivity contribution in [2.24, 2.45) is 10.9 Å². The first-order chi connectivity index (χ1) is 10.1. The van der Waals surface area contributed by atoms with Crippen molar-refractivity contribution in [2.45, 2.75) is 6.54 Å². The molecule has 0 aliphatic carbocycles. The number of anilines is 1. The standard InChI is InChI=1S/C14H15BrN4O2/c1-21-10-2-3-11(15)12(7-10)18-8-9-4-5-17-13(6-9)14(16)19-20/h2-7,18,20H,8H2,1H3,(H2,16,19). The number of hydrogen-bond donors (Lipinski definition) is 3. The van der Waals surface area contributed by atoms with E-state index in [0.29, 0.717) is 12.2 Å². The van der Waals surface area contributed by atoms with Crippen LogP contribution in [0.3, 0.4) is 0 Å². The van der Waals surface area contributed by atoms with Gasteiger partial charge in [0, 0.05) is 23.3 Å². The Hall–Kier alpha value is -2.28. The van der Waals surface area contributed by atoms with E-state index < -0.39 is 0 Å². The molecule has 0 saturated carbocycles. The van der Waals surface area contributed by atoms with Crippen molar-refractivity contribution in [3.05, 3.63) is 52.3 Å². The predicted octanol–water partition coefficient (Wildman–Crippen LogP) is 2.56. The Morgan fingerprint density at radius 3 is 2.95 bits per heavy atom. The molecule has 0 atom stereocenters. The van der Waals surface area contributed by atoms with Gasteiger partial charge in [0.2, 0.25) is 0 Å². The summed E-state index contributed by atoms with van der Waals surface area (Å²) in [6.45, 7) is 0.569. The summed E-state index contributed by atoms with van der Waals surface area (Å²) >= 11 is 3.48. The lowest BCUT2D eigenvalue weighted by atomic mass is 10.2. The minimum atomic E-state index is -0.0144. The van der Waals surface area contributed by atoms with Crippen LogP contribution in [0, 0.1) is 0 Å². The molecule has 21 heavy (non-hydrogen) atoms. The third kappa shape index (κ3) is 3.85. The zero-order chi connectivity index (χ0) is 15.2. The number of nitrogens with zero attached hydrogens (tertiary/aromatic N) is 2. The van der Waals surface area contributed by atoms with Crippen LogP contribution in [-0.4, -0.2) is 23.1 Å². The van der Waals surface area contributed by atoms with Gasteiger partial charge in [-0.1, -0.05) is 5.16 Å². The van der Waals surface area contributed by atoms with Gasteiger partial charge in [0.25, 0.3) is 0 Å². The van der Waals surface area contributed by atoms with Crippen LogP contribution in [0.25, 0.3) is 0 Å². The van der Waals surface area contributed by atoms with Gasteiger partial charge >= 0.3 is 0 Å². The number of rotatable bonds is 5. The Labute approximate surface area is 130 Å². The van der Waals surface area contributed by atoms with Gasteiger partial charge in [-0.15, -0.1) is 0 Å². The largest absolute Gasteiger partial charge is 0.497 e. The average Bonchev–Trinajstić information content (AvgIpc) is 2.53. The van der Waals surface area contributed by atoms with Crippen molar-refractivity contribution >= 4 is 27.5 Å². The SMILES string of the molecule is COc1ccc(Br)c(NCc2ccnc(C(N)=NO)c2)c1. The van der Waals surface area contributed by atoms with Gasteiger partial charge in [0.1, 0.15) is 11.4 Å². The van der Waals surface area contributed by atoms with Gasteiger partial charge in [-0.25, -0.2) is 0 Å². The highest BCUT2D eigenvalue weighted by molar-refractivity contribution is 9.10. The molecule has 110 valence electrons. The Morgan fingerprint density at radius 1 is 1.43 bits per heavy atom. The molecule has 7 heteroatoms. The van der Waals surface area contributed by atoms with E-state index in [9.17, 15) is 0 Å². The molecular formula is C14H15BrN4O2. The number of ether oxygens (including phenoxy) is 1. The Morgan fingerprint density at radius 2 is 2.24 bits per heavy atom. The molecule has 0 aliphatic rings. The molecule has 1 aromatic heterocycles. The number of pyridine rings is 1. The Bertz CT molecular complexity index is 661. The van der Waals surface area contributed by atoms with E-state index in [4.69, 9.17) is 15.7 Å². The van der Waals surface area contributed by atoms with Crippen molar-refractivity contribution in [3.63, 3.8) is 0 Å². The molecule has 0 amide bonds. The van der Waals surface area contributed by atoms with Gasteiger partial charge in [0.15, 0.2) is 5.84 Å². The fourth-order valence-corrected chi connectivity index (χ4v) is 2.13. The minimum Gasteiger partial charge on any atom is -0.497 e. The quantitative estimate of drug-likeness (QED) is 0.333. The predicted molar refractivity (Wildman–Crippen MR) is 84.8 cm³/mol. The highest BCUT2D eigenvalue weighted by atomic mass is 79.9. The topological polar surface area (TPSA) is 92.8 Å². The molecule has 0 unspecified atom stereocenters.